The Morgan fingerprint density at radius 3 is 2.28 bits per heavy atom. The first kappa shape index (κ1) is 44.5. The number of hydrogen-bond acceptors (Lipinski definition) is 12. The van der Waals surface area contributed by atoms with Gasteiger partial charge in [0.15, 0.2) is 18.6 Å². The van der Waals surface area contributed by atoms with Gasteiger partial charge in [0.05, 0.1) is 6.04 Å². The monoisotopic (exact) mass is 722 g/mol. The number of likely N-dealkylation sites (tertiary alicyclic amines) is 1. The third-order valence-electron chi connectivity index (χ3n) is 8.93. The van der Waals surface area contributed by atoms with Gasteiger partial charge in [-0.25, -0.2) is 4.98 Å². The quantitative estimate of drug-likeness (QED) is 0.147. The number of piperidine rings is 1. The standard InChI is InChI=1S/C35H58N4O7S.CO2/c1-10-15-36-33(43)27-20-47-34(37-27)31(46-25(8)40)19-29(23(5)6)39(21-45-32(42)17-22(3)4)35(44)26(24(7)11-2)18-30(41)28-14-12-13-16-38(28)9;2-1-3/h20,22-24,26,28-29,31H,10-19,21H2,1-9H3,(H,36,43);/t24-,26-,28+,29+,31+;/m0./s1. The largest absolute Gasteiger partial charge is 0.455 e. The number of hydrogen-bond donors (Lipinski definition) is 1. The van der Waals surface area contributed by atoms with Crippen molar-refractivity contribution in [2.75, 3.05) is 26.9 Å². The molecule has 1 saturated heterocycles. The molecule has 0 saturated carbocycles. The van der Waals surface area contributed by atoms with Gasteiger partial charge in [0.1, 0.15) is 10.7 Å². The lowest BCUT2D eigenvalue weighted by atomic mass is 9.82. The highest BCUT2D eigenvalue weighted by Gasteiger charge is 2.39. The van der Waals surface area contributed by atoms with Crippen LogP contribution in [-0.2, 0) is 38.2 Å². The number of rotatable bonds is 19. The summed E-state index contributed by atoms with van der Waals surface area (Å²) in [6.45, 7) is 16.1. The first-order valence-electron chi connectivity index (χ1n) is 17.7. The first-order chi connectivity index (χ1) is 23.6. The van der Waals surface area contributed by atoms with Gasteiger partial charge < -0.3 is 19.7 Å². The van der Waals surface area contributed by atoms with E-state index in [0.29, 0.717) is 18.0 Å². The van der Waals surface area contributed by atoms with E-state index < -0.39 is 30.0 Å². The van der Waals surface area contributed by atoms with Crippen LogP contribution in [0.2, 0.25) is 0 Å². The summed E-state index contributed by atoms with van der Waals surface area (Å²) in [5, 5.41) is 4.88. The molecule has 2 heterocycles. The molecule has 14 heteroatoms. The van der Waals surface area contributed by atoms with E-state index in [9.17, 15) is 24.0 Å². The van der Waals surface area contributed by atoms with Crippen molar-refractivity contribution in [3.63, 3.8) is 0 Å². The maximum atomic E-state index is 14.7. The number of thiazole rings is 1. The molecular weight excluding hydrogens is 664 g/mol. The maximum Gasteiger partial charge on any atom is 0.373 e. The van der Waals surface area contributed by atoms with Crippen LogP contribution in [0.15, 0.2) is 5.38 Å². The molecule has 1 N–H and O–H groups in total. The Kier molecular flexibility index (Phi) is 20.6. The van der Waals surface area contributed by atoms with Crippen LogP contribution in [-0.4, -0.2) is 89.4 Å². The van der Waals surface area contributed by atoms with E-state index in [4.69, 9.17) is 19.1 Å². The van der Waals surface area contributed by atoms with Crippen LogP contribution in [0.25, 0.3) is 0 Å². The van der Waals surface area contributed by atoms with E-state index in [2.05, 4.69) is 15.2 Å². The third-order valence-corrected chi connectivity index (χ3v) is 9.87. The van der Waals surface area contributed by atoms with Gasteiger partial charge in [0.25, 0.3) is 5.91 Å². The zero-order valence-electron chi connectivity index (χ0n) is 31.3. The molecule has 2 amide bonds. The molecule has 0 radical (unpaired) electrons. The Morgan fingerprint density at radius 1 is 1.08 bits per heavy atom. The fourth-order valence-corrected chi connectivity index (χ4v) is 6.81. The molecule has 13 nitrogen and oxygen atoms in total. The number of nitrogens with zero attached hydrogens (tertiary/aromatic N) is 3. The van der Waals surface area contributed by atoms with Crippen LogP contribution >= 0.6 is 11.3 Å². The summed E-state index contributed by atoms with van der Waals surface area (Å²) >= 11 is 1.21. The molecule has 0 spiro atoms. The van der Waals surface area contributed by atoms with E-state index in [1.165, 1.54) is 18.3 Å². The SMILES string of the molecule is CCCNC(=O)c1csc([C@@H](C[C@H](C(C)C)N(COC(=O)CC(C)C)C(=O)[C@@H](CC(=O)[C@H]2CCCCN2C)[C@@H](C)CC)OC(C)=O)n1.O=C=O. The van der Waals surface area contributed by atoms with Gasteiger partial charge in [-0.3, -0.25) is 28.9 Å². The van der Waals surface area contributed by atoms with Gasteiger partial charge in [0.2, 0.25) is 5.91 Å². The molecule has 1 aliphatic heterocycles. The highest BCUT2D eigenvalue weighted by atomic mass is 32.1. The van der Waals surface area contributed by atoms with Crippen LogP contribution < -0.4 is 5.32 Å². The number of nitrogens with one attached hydrogen (secondary N) is 1. The topological polar surface area (TPSA) is 169 Å². The van der Waals surface area contributed by atoms with Crippen molar-refractivity contribution in [3.05, 3.63) is 16.1 Å². The minimum Gasteiger partial charge on any atom is -0.455 e. The molecule has 0 aliphatic carbocycles. The number of esters is 2. The van der Waals surface area contributed by atoms with Crippen LogP contribution in [0.3, 0.4) is 0 Å². The summed E-state index contributed by atoms with van der Waals surface area (Å²) in [4.78, 5) is 90.4. The highest BCUT2D eigenvalue weighted by Crippen LogP contribution is 2.33. The molecule has 5 atom stereocenters. The summed E-state index contributed by atoms with van der Waals surface area (Å²) < 4.78 is 11.5. The van der Waals surface area contributed by atoms with E-state index in [1.54, 1.807) is 10.3 Å². The van der Waals surface area contributed by atoms with Gasteiger partial charge >= 0.3 is 18.1 Å². The summed E-state index contributed by atoms with van der Waals surface area (Å²) in [5.74, 6) is -2.25. The van der Waals surface area contributed by atoms with Crippen molar-refractivity contribution < 1.29 is 43.0 Å². The molecule has 1 aromatic rings. The van der Waals surface area contributed by atoms with E-state index in [-0.39, 0.29) is 79.2 Å². The van der Waals surface area contributed by atoms with Crippen molar-refractivity contribution in [3.8, 4) is 0 Å². The lowest BCUT2D eigenvalue weighted by Crippen LogP contribution is -2.50. The van der Waals surface area contributed by atoms with Gasteiger partial charge in [0, 0.05) is 50.1 Å². The van der Waals surface area contributed by atoms with Gasteiger partial charge in [-0.2, -0.15) is 9.59 Å². The fourth-order valence-electron chi connectivity index (χ4n) is 5.97. The number of carbonyl (C=O) groups excluding carboxylic acids is 7. The molecule has 2 rings (SSSR count). The first-order valence-corrected chi connectivity index (χ1v) is 18.6. The smallest absolute Gasteiger partial charge is 0.373 e. The molecule has 50 heavy (non-hydrogen) atoms. The summed E-state index contributed by atoms with van der Waals surface area (Å²) in [5.41, 5.74) is 0.232. The molecule has 1 aromatic heterocycles. The molecule has 1 fully saturated rings. The van der Waals surface area contributed by atoms with Crippen LogP contribution in [0, 0.1) is 23.7 Å². The molecule has 0 aromatic carbocycles. The average Bonchev–Trinajstić information content (AvgIpc) is 3.55. The Morgan fingerprint density at radius 2 is 1.74 bits per heavy atom. The third kappa shape index (κ3) is 14.8. The highest BCUT2D eigenvalue weighted by molar-refractivity contribution is 7.09. The number of ether oxygens (including phenoxy) is 2. The minimum absolute atomic E-state index is 0.0538. The van der Waals surface area contributed by atoms with Crippen molar-refractivity contribution in [1.29, 1.82) is 0 Å². The van der Waals surface area contributed by atoms with Gasteiger partial charge in [-0.1, -0.05) is 61.3 Å². The average molecular weight is 723 g/mol. The van der Waals surface area contributed by atoms with Crippen LogP contribution in [0.1, 0.15) is 128 Å². The lowest BCUT2D eigenvalue weighted by Gasteiger charge is -2.39. The Labute approximate surface area is 301 Å². The van der Waals surface area contributed by atoms with Crippen molar-refractivity contribution >= 4 is 47.0 Å². The van der Waals surface area contributed by atoms with E-state index >= 15 is 0 Å². The van der Waals surface area contributed by atoms with Crippen molar-refractivity contribution in [2.24, 2.45) is 23.7 Å². The van der Waals surface area contributed by atoms with Crippen molar-refractivity contribution in [2.45, 2.75) is 125 Å². The molecule has 0 unspecified atom stereocenters. The second kappa shape index (κ2) is 23.1. The Bertz CT molecular complexity index is 1280. The Hall–Kier alpha value is -3.48. The normalized spacial score (nSPS) is 17.0. The molecular formula is C36H58N4O9S. The molecule has 282 valence electrons. The second-order valence-corrected chi connectivity index (χ2v) is 14.7. The number of amides is 2. The molecule has 0 bridgehead atoms. The predicted molar refractivity (Wildman–Crippen MR) is 188 cm³/mol. The maximum absolute atomic E-state index is 14.7. The summed E-state index contributed by atoms with van der Waals surface area (Å²) in [6, 6.07) is -0.762. The zero-order chi connectivity index (χ0) is 38.0. The summed E-state index contributed by atoms with van der Waals surface area (Å²) in [6.07, 6.45) is 4.14. The van der Waals surface area contributed by atoms with Gasteiger partial charge in [-0.05, 0) is 50.6 Å². The Balaban J connectivity index is 0.00000401. The van der Waals surface area contributed by atoms with Crippen LogP contribution in [0.5, 0.6) is 0 Å². The number of Topliss-reactive ketones (excluding diaryl/α,β-unsaturated/α-hetero) is 1. The van der Waals surface area contributed by atoms with Crippen molar-refractivity contribution in [1.82, 2.24) is 20.1 Å². The molecule has 1 aliphatic rings. The number of ketones is 1. The van der Waals surface area contributed by atoms with E-state index in [0.717, 1.165) is 32.2 Å². The number of likely N-dealkylation sites (N-methyl/N-ethyl adjacent to an activating group) is 1. The predicted octanol–water partition coefficient (Wildman–Crippen LogP) is 5.20. The number of carbonyl (C=O) groups is 5. The fraction of sp³-hybridized carbons (Fsp3) is 0.750. The van der Waals surface area contributed by atoms with E-state index in [1.807, 2.05) is 55.5 Å². The summed E-state index contributed by atoms with van der Waals surface area (Å²) in [7, 11) is 1.96. The second-order valence-electron chi connectivity index (χ2n) is 13.8. The minimum atomic E-state index is -0.848. The zero-order valence-corrected chi connectivity index (χ0v) is 32.1. The van der Waals surface area contributed by atoms with Crippen LogP contribution in [0.4, 0.5) is 0 Å². The van der Waals surface area contributed by atoms with Gasteiger partial charge in [-0.15, -0.1) is 11.3 Å². The lowest BCUT2D eigenvalue weighted by molar-refractivity contribution is -0.192. The number of aromatic nitrogens is 1.